The maximum Gasteiger partial charge on any atom is 0.489 e. The highest BCUT2D eigenvalue weighted by Crippen LogP contribution is 2.61. The molecule has 1 amide bonds. The van der Waals surface area contributed by atoms with Crippen LogP contribution in [0.2, 0.25) is 0 Å². The van der Waals surface area contributed by atoms with Crippen molar-refractivity contribution in [1.82, 2.24) is 0 Å². The topological polar surface area (TPSA) is 133 Å². The molecule has 0 saturated carbocycles. The van der Waals surface area contributed by atoms with E-state index in [2.05, 4.69) is 0 Å². The lowest BCUT2D eigenvalue weighted by molar-refractivity contribution is -0.593. The van der Waals surface area contributed by atoms with Crippen molar-refractivity contribution < 1.29 is 161 Å². The highest BCUT2D eigenvalue weighted by molar-refractivity contribution is 6.59. The zero-order valence-corrected chi connectivity index (χ0v) is 27.0. The minimum Gasteiger partial charge on any atom is -0.423 e. The van der Waals surface area contributed by atoms with Crippen LogP contribution in [0.15, 0.2) is 18.2 Å². The average molecular weight is 976 g/mol. The molecular weight excluding hydrogens is 966 g/mol. The summed E-state index contributed by atoms with van der Waals surface area (Å²) < 4.78 is 405. The van der Waals surface area contributed by atoms with Crippen LogP contribution in [0.3, 0.4) is 0 Å². The van der Waals surface area contributed by atoms with E-state index in [9.17, 15) is 133 Å². The van der Waals surface area contributed by atoms with Gasteiger partial charge in [-0.05, 0) is 11.5 Å². The fraction of sp³-hybridized carbons (Fsp3) is 0.682. The molecule has 5 N–H and O–H groups in total. The number of carbonyl (C=O) groups is 1. The number of ether oxygens (including phenoxy) is 4. The Labute approximate surface area is 312 Å². The molecule has 0 spiro atoms. The molecular formula is C22H10BF29N2O7. The molecule has 0 aliphatic carbocycles. The van der Waals surface area contributed by atoms with Crippen LogP contribution in [0, 0.1) is 0 Å². The molecule has 356 valence electrons. The van der Waals surface area contributed by atoms with E-state index in [1.165, 1.54) is 0 Å². The summed E-state index contributed by atoms with van der Waals surface area (Å²) in [7, 11) is -3.77. The second kappa shape index (κ2) is 15.9. The quantitative estimate of drug-likeness (QED) is 0.101. The van der Waals surface area contributed by atoms with Gasteiger partial charge in [-0.15, -0.1) is 0 Å². The first kappa shape index (κ1) is 55.5. The average Bonchev–Trinajstić information content (AvgIpc) is 3.00. The fourth-order valence-electron chi connectivity index (χ4n) is 3.68. The molecule has 39 heteroatoms. The Kier molecular flexibility index (Phi) is 14.5. The summed E-state index contributed by atoms with van der Waals surface area (Å²) in [6.45, 7) is -1.47. The Morgan fingerprint density at radius 3 is 1.11 bits per heavy atom. The van der Waals surface area contributed by atoms with Gasteiger partial charge in [0.25, 0.3) is 0 Å². The summed E-state index contributed by atoms with van der Waals surface area (Å²) >= 11 is 0. The van der Waals surface area contributed by atoms with E-state index in [1.807, 2.05) is 4.74 Å². The fourth-order valence-corrected chi connectivity index (χ4v) is 3.68. The number of hydrogen-bond acceptors (Lipinski definition) is 8. The molecule has 0 aliphatic rings. The first-order valence-electron chi connectivity index (χ1n) is 13.6. The SMILES string of the molecule is NCC(=O)Nc1cccc(B(O)O)c1C(F)(OC(F)(F)C(F)(OC(F)(F)C(F)(OC(F)(F)C(F)(OC(F)(F)C(F)(F)C(F)(F)F)C(F)(F)F)C(F)(F)F)C(F)(F)F)C(F)(F)F. The standard InChI is InChI=1S/C22H10BF29N2O7/c24-9(14(30,31)32,8-5(23(56)57)2-1-3-6(8)54-7(55)4-53)58-20(47,48)11(27,16(36,37)38)60-22(51,52)13(29,18(42,43)44)61-21(49,50)12(28,17(39,40)41)59-19(45,46)10(25,26)15(33,34)35/h1-3,56-57H,4,53H2,(H,54,55). The van der Waals surface area contributed by atoms with Crippen molar-refractivity contribution in [3.63, 3.8) is 0 Å². The van der Waals surface area contributed by atoms with Gasteiger partial charge in [-0.1, -0.05) is 12.1 Å². The Hall–Kier alpha value is -3.56. The second-order valence-electron chi connectivity index (χ2n) is 10.8. The maximum absolute atomic E-state index is 15.8. The molecule has 4 unspecified atom stereocenters. The number of alkyl halides is 29. The molecule has 0 saturated heterocycles. The predicted octanol–water partition coefficient (Wildman–Crippen LogP) is 7.27. The van der Waals surface area contributed by atoms with Crippen molar-refractivity contribution >= 4 is 24.2 Å². The first-order chi connectivity index (χ1) is 26.3. The molecule has 1 aromatic carbocycles. The summed E-state index contributed by atoms with van der Waals surface area (Å²) in [5.74, 6) is -45.1. The van der Waals surface area contributed by atoms with Crippen molar-refractivity contribution in [2.45, 2.75) is 84.7 Å². The van der Waals surface area contributed by atoms with Crippen molar-refractivity contribution in [2.24, 2.45) is 5.73 Å². The molecule has 0 fully saturated rings. The maximum atomic E-state index is 15.8. The smallest absolute Gasteiger partial charge is 0.423 e. The highest BCUT2D eigenvalue weighted by atomic mass is 19.4. The highest BCUT2D eigenvalue weighted by Gasteiger charge is 2.90. The summed E-state index contributed by atoms with van der Waals surface area (Å²) in [5, 5.41) is 19.6. The molecule has 0 aliphatic heterocycles. The van der Waals surface area contributed by atoms with Crippen molar-refractivity contribution in [3.05, 3.63) is 23.8 Å². The zero-order valence-electron chi connectivity index (χ0n) is 27.0. The number of carbonyl (C=O) groups excluding carboxylic acids is 1. The minimum absolute atomic E-state index is 0.171. The largest absolute Gasteiger partial charge is 0.489 e. The lowest BCUT2D eigenvalue weighted by Gasteiger charge is -2.44. The van der Waals surface area contributed by atoms with E-state index in [0.717, 1.165) is 19.5 Å². The van der Waals surface area contributed by atoms with Gasteiger partial charge in [0.2, 0.25) is 5.91 Å². The number of anilines is 1. The van der Waals surface area contributed by atoms with E-state index in [0.29, 0.717) is 0 Å². The van der Waals surface area contributed by atoms with Crippen LogP contribution in [-0.2, 0) is 29.6 Å². The van der Waals surface area contributed by atoms with Gasteiger partial charge >= 0.3 is 91.8 Å². The van der Waals surface area contributed by atoms with Crippen LogP contribution in [0.5, 0.6) is 0 Å². The minimum atomic E-state index is -9.32. The van der Waals surface area contributed by atoms with Gasteiger partial charge in [0, 0.05) is 11.3 Å². The lowest BCUT2D eigenvalue weighted by atomic mass is 9.74. The summed E-state index contributed by atoms with van der Waals surface area (Å²) in [5.41, 5.74) is -3.00. The first-order valence-corrected chi connectivity index (χ1v) is 13.6. The third kappa shape index (κ3) is 9.68. The molecule has 0 aromatic heterocycles. The van der Waals surface area contributed by atoms with E-state index in [4.69, 9.17) is 5.73 Å². The number of nitrogens with two attached hydrogens (primary N) is 1. The molecule has 0 radical (unpaired) electrons. The Balaban J connectivity index is 4.27. The molecule has 4 atom stereocenters. The molecule has 1 aromatic rings. The van der Waals surface area contributed by atoms with E-state index >= 15 is 8.78 Å². The Bertz CT molecular complexity index is 1730. The van der Waals surface area contributed by atoms with E-state index in [-0.39, 0.29) is 18.2 Å². The molecule has 0 bridgehead atoms. The monoisotopic (exact) mass is 976 g/mol. The van der Waals surface area contributed by atoms with Gasteiger partial charge in [0.15, 0.2) is 0 Å². The van der Waals surface area contributed by atoms with Crippen molar-refractivity contribution in [2.75, 3.05) is 11.9 Å². The van der Waals surface area contributed by atoms with Gasteiger partial charge in [0.05, 0.1) is 6.54 Å². The van der Waals surface area contributed by atoms with Crippen LogP contribution in [-0.4, -0.2) is 108 Å². The Morgan fingerprint density at radius 2 is 0.836 bits per heavy atom. The third-order valence-corrected chi connectivity index (χ3v) is 6.53. The number of benzene rings is 1. The number of amides is 1. The normalized spacial score (nSPS) is 18.8. The van der Waals surface area contributed by atoms with E-state index in [1.54, 1.807) is 0 Å². The molecule has 0 heterocycles. The lowest BCUT2D eigenvalue weighted by Crippen LogP contribution is -2.72. The predicted molar refractivity (Wildman–Crippen MR) is 128 cm³/mol. The number of hydrogen-bond donors (Lipinski definition) is 4. The number of nitrogens with one attached hydrogen (secondary N) is 1. The summed E-state index contributed by atoms with van der Waals surface area (Å²) in [4.78, 5) is 11.6. The number of rotatable bonds is 16. The zero-order chi connectivity index (χ0) is 49.3. The van der Waals surface area contributed by atoms with Crippen LogP contribution in [0.1, 0.15) is 5.56 Å². The van der Waals surface area contributed by atoms with Crippen molar-refractivity contribution in [3.8, 4) is 0 Å². The van der Waals surface area contributed by atoms with Crippen LogP contribution < -0.4 is 16.5 Å². The summed E-state index contributed by atoms with van der Waals surface area (Å²) in [6.07, 6.45) is -78.1. The van der Waals surface area contributed by atoms with E-state index < -0.39 is 121 Å². The van der Waals surface area contributed by atoms with Gasteiger partial charge in [-0.25, -0.2) is 0 Å². The van der Waals surface area contributed by atoms with Crippen LogP contribution >= 0.6 is 0 Å². The molecule has 9 nitrogen and oxygen atoms in total. The second-order valence-corrected chi connectivity index (χ2v) is 10.8. The van der Waals surface area contributed by atoms with Gasteiger partial charge in [-0.2, -0.15) is 127 Å². The third-order valence-electron chi connectivity index (χ3n) is 6.53. The van der Waals surface area contributed by atoms with Gasteiger partial charge < -0.3 is 21.1 Å². The number of halogens is 29. The molecule has 61 heavy (non-hydrogen) atoms. The summed E-state index contributed by atoms with van der Waals surface area (Å²) in [6, 6.07) is -0.281. The Morgan fingerprint density at radius 1 is 0.508 bits per heavy atom. The van der Waals surface area contributed by atoms with Crippen LogP contribution in [0.25, 0.3) is 0 Å². The van der Waals surface area contributed by atoms with Gasteiger partial charge in [-0.3, -0.25) is 23.7 Å². The van der Waals surface area contributed by atoms with Gasteiger partial charge in [0.1, 0.15) is 0 Å². The van der Waals surface area contributed by atoms with Crippen LogP contribution in [0.4, 0.5) is 133 Å². The van der Waals surface area contributed by atoms with Crippen molar-refractivity contribution in [1.29, 1.82) is 0 Å². The molecule has 1 rings (SSSR count).